The van der Waals surface area contributed by atoms with E-state index in [4.69, 9.17) is 10.5 Å². The van der Waals surface area contributed by atoms with E-state index in [1.54, 1.807) is 0 Å². The molecule has 2 fully saturated rings. The van der Waals surface area contributed by atoms with Gasteiger partial charge in [0.15, 0.2) is 0 Å². The number of rotatable bonds is 2. The van der Waals surface area contributed by atoms with Crippen LogP contribution in [-0.4, -0.2) is 18.8 Å². The third kappa shape index (κ3) is 1.96. The van der Waals surface area contributed by atoms with Crippen molar-refractivity contribution in [3.8, 4) is 0 Å². The summed E-state index contributed by atoms with van der Waals surface area (Å²) in [5.74, 6) is 0. The van der Waals surface area contributed by atoms with Gasteiger partial charge in [0.1, 0.15) is 0 Å². The predicted octanol–water partition coefficient (Wildman–Crippen LogP) is 2.46. The SMILES string of the molecule is CC1(CCN)CCOC2(CCCC2)C1. The molecule has 2 heteroatoms. The largest absolute Gasteiger partial charge is 0.375 e. The van der Waals surface area contributed by atoms with Gasteiger partial charge in [0.2, 0.25) is 0 Å². The van der Waals surface area contributed by atoms with Gasteiger partial charge >= 0.3 is 0 Å². The highest BCUT2D eigenvalue weighted by Crippen LogP contribution is 2.48. The topological polar surface area (TPSA) is 35.2 Å². The molecule has 2 aliphatic rings. The van der Waals surface area contributed by atoms with Gasteiger partial charge < -0.3 is 10.5 Å². The van der Waals surface area contributed by atoms with E-state index in [1.165, 1.54) is 38.5 Å². The minimum Gasteiger partial charge on any atom is -0.375 e. The molecule has 0 radical (unpaired) electrons. The van der Waals surface area contributed by atoms with Crippen LogP contribution < -0.4 is 5.73 Å². The van der Waals surface area contributed by atoms with Crippen LogP contribution in [0.2, 0.25) is 0 Å². The van der Waals surface area contributed by atoms with E-state index >= 15 is 0 Å². The molecular formula is C12H23NO. The van der Waals surface area contributed by atoms with Gasteiger partial charge in [-0.25, -0.2) is 0 Å². The van der Waals surface area contributed by atoms with Crippen molar-refractivity contribution in [2.75, 3.05) is 13.2 Å². The van der Waals surface area contributed by atoms with Crippen molar-refractivity contribution in [1.29, 1.82) is 0 Å². The Morgan fingerprint density at radius 2 is 1.93 bits per heavy atom. The quantitative estimate of drug-likeness (QED) is 0.738. The van der Waals surface area contributed by atoms with E-state index in [0.717, 1.165) is 19.6 Å². The van der Waals surface area contributed by atoms with Gasteiger partial charge in [0, 0.05) is 6.61 Å². The maximum absolute atomic E-state index is 6.03. The molecule has 1 saturated heterocycles. The van der Waals surface area contributed by atoms with Crippen LogP contribution in [0.1, 0.15) is 51.9 Å². The molecule has 1 unspecified atom stereocenters. The molecule has 1 saturated carbocycles. The lowest BCUT2D eigenvalue weighted by atomic mass is 9.71. The fourth-order valence-electron chi connectivity index (χ4n) is 3.33. The molecule has 2 nitrogen and oxygen atoms in total. The first kappa shape index (κ1) is 10.4. The van der Waals surface area contributed by atoms with Crippen LogP contribution in [0.15, 0.2) is 0 Å². The summed E-state index contributed by atoms with van der Waals surface area (Å²) in [6.45, 7) is 4.17. The zero-order valence-corrected chi connectivity index (χ0v) is 9.35. The first-order valence-corrected chi connectivity index (χ1v) is 6.02. The Bertz CT molecular complexity index is 194. The average molecular weight is 197 g/mol. The van der Waals surface area contributed by atoms with Crippen molar-refractivity contribution < 1.29 is 4.74 Å². The van der Waals surface area contributed by atoms with E-state index in [9.17, 15) is 0 Å². The average Bonchev–Trinajstić information content (AvgIpc) is 2.52. The second-order valence-corrected chi connectivity index (χ2v) is 5.51. The summed E-state index contributed by atoms with van der Waals surface area (Å²) >= 11 is 0. The maximum atomic E-state index is 6.03. The van der Waals surface area contributed by atoms with Crippen LogP contribution >= 0.6 is 0 Å². The monoisotopic (exact) mass is 197 g/mol. The molecule has 0 aromatic carbocycles. The van der Waals surface area contributed by atoms with Crippen LogP contribution in [0.3, 0.4) is 0 Å². The fraction of sp³-hybridized carbons (Fsp3) is 1.00. The molecule has 0 amide bonds. The summed E-state index contributed by atoms with van der Waals surface area (Å²) in [4.78, 5) is 0. The van der Waals surface area contributed by atoms with Crippen molar-refractivity contribution in [3.63, 3.8) is 0 Å². The number of nitrogens with two attached hydrogens (primary N) is 1. The van der Waals surface area contributed by atoms with Crippen molar-refractivity contribution in [2.45, 2.75) is 57.5 Å². The lowest BCUT2D eigenvalue weighted by molar-refractivity contribution is -0.119. The van der Waals surface area contributed by atoms with Gasteiger partial charge in [-0.1, -0.05) is 19.8 Å². The van der Waals surface area contributed by atoms with Crippen molar-refractivity contribution in [2.24, 2.45) is 11.1 Å². The Hall–Kier alpha value is -0.0800. The Labute approximate surface area is 87.2 Å². The number of hydrogen-bond donors (Lipinski definition) is 1. The van der Waals surface area contributed by atoms with E-state index < -0.39 is 0 Å². The second-order valence-electron chi connectivity index (χ2n) is 5.51. The smallest absolute Gasteiger partial charge is 0.0687 e. The number of ether oxygens (including phenoxy) is 1. The van der Waals surface area contributed by atoms with Crippen LogP contribution in [0.25, 0.3) is 0 Å². The molecule has 2 N–H and O–H groups in total. The van der Waals surface area contributed by atoms with Crippen LogP contribution in [-0.2, 0) is 4.74 Å². The zero-order valence-electron chi connectivity index (χ0n) is 9.35. The minimum atomic E-state index is 0.252. The second kappa shape index (κ2) is 3.82. The first-order valence-electron chi connectivity index (χ1n) is 6.02. The minimum absolute atomic E-state index is 0.252. The van der Waals surface area contributed by atoms with Crippen molar-refractivity contribution >= 4 is 0 Å². The van der Waals surface area contributed by atoms with Gasteiger partial charge in [-0.2, -0.15) is 0 Å². The summed E-state index contributed by atoms with van der Waals surface area (Å²) in [6.07, 6.45) is 8.90. The molecule has 1 atom stereocenters. The molecule has 82 valence electrons. The molecule has 14 heavy (non-hydrogen) atoms. The summed E-state index contributed by atoms with van der Waals surface area (Å²) in [7, 11) is 0. The van der Waals surface area contributed by atoms with Gasteiger partial charge in [-0.15, -0.1) is 0 Å². The summed E-state index contributed by atoms with van der Waals surface area (Å²) < 4.78 is 6.03. The third-order valence-electron chi connectivity index (χ3n) is 4.13. The molecule has 0 aromatic heterocycles. The summed E-state index contributed by atoms with van der Waals surface area (Å²) in [5.41, 5.74) is 6.40. The normalized spacial score (nSPS) is 36.4. The molecule has 1 aliphatic carbocycles. The van der Waals surface area contributed by atoms with Crippen molar-refractivity contribution in [1.82, 2.24) is 0 Å². The van der Waals surface area contributed by atoms with Crippen LogP contribution in [0.5, 0.6) is 0 Å². The Morgan fingerprint density at radius 1 is 1.21 bits per heavy atom. The molecule has 0 aromatic rings. The molecular weight excluding hydrogens is 174 g/mol. The van der Waals surface area contributed by atoms with E-state index in [2.05, 4.69) is 6.92 Å². The van der Waals surface area contributed by atoms with Crippen molar-refractivity contribution in [3.05, 3.63) is 0 Å². The van der Waals surface area contributed by atoms with Gasteiger partial charge in [0.05, 0.1) is 5.60 Å². The van der Waals surface area contributed by atoms with Gasteiger partial charge in [-0.3, -0.25) is 0 Å². The molecule has 1 aliphatic heterocycles. The summed E-state index contributed by atoms with van der Waals surface area (Å²) in [5, 5.41) is 0. The van der Waals surface area contributed by atoms with Gasteiger partial charge in [0.25, 0.3) is 0 Å². The van der Waals surface area contributed by atoms with Gasteiger partial charge in [-0.05, 0) is 44.1 Å². The van der Waals surface area contributed by atoms with Crippen LogP contribution in [0.4, 0.5) is 0 Å². The third-order valence-corrected chi connectivity index (χ3v) is 4.13. The molecule has 2 rings (SSSR count). The zero-order chi connectivity index (χ0) is 10.1. The van der Waals surface area contributed by atoms with Crippen LogP contribution in [0, 0.1) is 5.41 Å². The predicted molar refractivity (Wildman–Crippen MR) is 58.2 cm³/mol. The fourth-order valence-corrected chi connectivity index (χ4v) is 3.33. The Balaban J connectivity index is 2.02. The first-order chi connectivity index (χ1) is 6.68. The Kier molecular flexibility index (Phi) is 2.85. The lowest BCUT2D eigenvalue weighted by Gasteiger charge is -2.44. The lowest BCUT2D eigenvalue weighted by Crippen LogP contribution is -2.42. The van der Waals surface area contributed by atoms with E-state index in [0.29, 0.717) is 5.41 Å². The molecule has 1 spiro atoms. The maximum Gasteiger partial charge on any atom is 0.0687 e. The van der Waals surface area contributed by atoms with E-state index in [1.807, 2.05) is 0 Å². The van der Waals surface area contributed by atoms with E-state index in [-0.39, 0.29) is 5.60 Å². The highest BCUT2D eigenvalue weighted by Gasteiger charge is 2.44. The number of hydrogen-bond acceptors (Lipinski definition) is 2. The highest BCUT2D eigenvalue weighted by molar-refractivity contribution is 4.95. The molecule has 0 bridgehead atoms. The molecule has 1 heterocycles. The standard InChI is InChI=1S/C12H23NO/c1-11(6-8-13)7-9-14-12(10-11)4-2-3-5-12/h2-10,13H2,1H3. The Morgan fingerprint density at radius 3 is 2.57 bits per heavy atom. The highest BCUT2D eigenvalue weighted by atomic mass is 16.5. The summed E-state index contributed by atoms with van der Waals surface area (Å²) in [6, 6.07) is 0.